The van der Waals surface area contributed by atoms with Gasteiger partial charge in [0.2, 0.25) is 10.0 Å². The van der Waals surface area contributed by atoms with Crippen LogP contribution >= 0.6 is 0 Å². The molecule has 1 fully saturated rings. The summed E-state index contributed by atoms with van der Waals surface area (Å²) in [7, 11) is -5.01. The van der Waals surface area contributed by atoms with Crippen LogP contribution in [-0.4, -0.2) is 74.6 Å². The summed E-state index contributed by atoms with van der Waals surface area (Å²) in [5.41, 5.74) is 0.497. The van der Waals surface area contributed by atoms with Crippen LogP contribution in [0, 0.1) is 5.92 Å². The third-order valence-electron chi connectivity index (χ3n) is 5.66. The van der Waals surface area contributed by atoms with Crippen molar-refractivity contribution in [3.05, 3.63) is 42.2 Å². The smallest absolute Gasteiger partial charge is 0.254 e. The topological polar surface area (TPSA) is 128 Å². The summed E-state index contributed by atoms with van der Waals surface area (Å²) < 4.78 is 57.4. The molecule has 0 saturated carbocycles. The number of sulfone groups is 1. The maximum atomic E-state index is 13.0. The molecule has 0 bridgehead atoms. The summed E-state index contributed by atoms with van der Waals surface area (Å²) >= 11 is 0. The Labute approximate surface area is 194 Å². The Balaban J connectivity index is 1.48. The first kappa shape index (κ1) is 25.2. The minimum absolute atomic E-state index is 0.0209. The van der Waals surface area contributed by atoms with Gasteiger partial charge in [-0.15, -0.1) is 0 Å². The number of sulfonamides is 1. The number of ether oxygens (including phenoxy) is 1. The van der Waals surface area contributed by atoms with Crippen LogP contribution in [0.25, 0.3) is 0 Å². The summed E-state index contributed by atoms with van der Waals surface area (Å²) in [6, 6.07) is 6.01. The molecule has 182 valence electrons. The van der Waals surface area contributed by atoms with E-state index in [9.17, 15) is 21.6 Å². The third kappa shape index (κ3) is 6.78. The molecule has 2 aromatic rings. The zero-order chi connectivity index (χ0) is 24.1. The molecule has 0 aliphatic carbocycles. The monoisotopic (exact) mass is 498 g/mol. The maximum Gasteiger partial charge on any atom is 0.254 e. The van der Waals surface area contributed by atoms with Crippen molar-refractivity contribution >= 4 is 25.8 Å². The number of nitrogens with one attached hydrogen (secondary N) is 1. The van der Waals surface area contributed by atoms with E-state index in [0.717, 1.165) is 0 Å². The highest BCUT2D eigenvalue weighted by Gasteiger charge is 2.29. The molecule has 1 N–H and O–H groups in total. The molecule has 1 aromatic carbocycles. The number of aryl methyl sites for hydroxylation is 1. The predicted molar refractivity (Wildman–Crippen MR) is 123 cm³/mol. The van der Waals surface area contributed by atoms with Gasteiger partial charge in [-0.3, -0.25) is 9.48 Å². The van der Waals surface area contributed by atoms with Crippen molar-refractivity contribution in [2.75, 3.05) is 37.7 Å². The predicted octanol–water partition coefficient (Wildman–Crippen LogP) is 1.06. The Hall–Kier alpha value is -2.44. The lowest BCUT2D eigenvalue weighted by atomic mass is 9.98. The molecular weight excluding hydrogens is 468 g/mol. The quantitative estimate of drug-likeness (QED) is 0.519. The molecule has 0 atom stereocenters. The van der Waals surface area contributed by atoms with E-state index in [1.807, 2.05) is 0 Å². The van der Waals surface area contributed by atoms with Crippen molar-refractivity contribution in [1.82, 2.24) is 19.4 Å². The second-order valence-electron chi connectivity index (χ2n) is 8.02. The molecule has 2 heterocycles. The van der Waals surface area contributed by atoms with Gasteiger partial charge in [0.05, 0.1) is 22.4 Å². The van der Waals surface area contributed by atoms with Gasteiger partial charge in [-0.25, -0.2) is 16.8 Å². The van der Waals surface area contributed by atoms with Gasteiger partial charge in [0.1, 0.15) is 12.4 Å². The van der Waals surface area contributed by atoms with Crippen LogP contribution in [0.15, 0.2) is 41.6 Å². The van der Waals surface area contributed by atoms with E-state index in [1.165, 1.54) is 34.8 Å². The van der Waals surface area contributed by atoms with E-state index in [2.05, 4.69) is 10.4 Å². The number of nitrogens with zero attached hydrogens (tertiary/aromatic N) is 3. The van der Waals surface area contributed by atoms with Gasteiger partial charge in [0, 0.05) is 38.6 Å². The van der Waals surface area contributed by atoms with Crippen LogP contribution < -0.4 is 10.1 Å². The molecule has 1 saturated heterocycles. The highest BCUT2D eigenvalue weighted by Crippen LogP contribution is 2.25. The van der Waals surface area contributed by atoms with Gasteiger partial charge in [-0.1, -0.05) is 6.92 Å². The van der Waals surface area contributed by atoms with Crippen LogP contribution in [0.4, 0.5) is 0 Å². The SMILES string of the molecule is CCS(=O)(=O)CCOc1ccc(S(=O)(=O)N2CCC(CNC(=O)c3cnn(C)c3)CC2)cc1. The summed E-state index contributed by atoms with van der Waals surface area (Å²) in [4.78, 5) is 12.3. The number of hydrogen-bond donors (Lipinski definition) is 1. The second-order valence-corrected chi connectivity index (χ2v) is 12.4. The summed E-state index contributed by atoms with van der Waals surface area (Å²) in [6.45, 7) is 2.84. The molecule has 3 rings (SSSR count). The lowest BCUT2D eigenvalue weighted by molar-refractivity contribution is 0.0941. The second kappa shape index (κ2) is 10.7. The van der Waals surface area contributed by atoms with Crippen LogP contribution in [0.3, 0.4) is 0 Å². The van der Waals surface area contributed by atoms with E-state index in [-0.39, 0.29) is 34.8 Å². The van der Waals surface area contributed by atoms with Crippen molar-refractivity contribution in [2.24, 2.45) is 13.0 Å². The van der Waals surface area contributed by atoms with Gasteiger partial charge in [0.15, 0.2) is 9.84 Å². The molecule has 12 heteroatoms. The summed E-state index contributed by atoms with van der Waals surface area (Å²) in [5.74, 6) is 0.408. The van der Waals surface area contributed by atoms with Gasteiger partial charge in [0.25, 0.3) is 5.91 Å². The van der Waals surface area contributed by atoms with E-state index in [1.54, 1.807) is 24.9 Å². The minimum atomic E-state index is -3.64. The van der Waals surface area contributed by atoms with Crippen molar-refractivity contribution in [3.63, 3.8) is 0 Å². The number of hydrogen-bond acceptors (Lipinski definition) is 7. The minimum Gasteiger partial charge on any atom is -0.493 e. The fraction of sp³-hybridized carbons (Fsp3) is 0.524. The van der Waals surface area contributed by atoms with Crippen molar-refractivity contribution < 1.29 is 26.4 Å². The molecule has 0 radical (unpaired) electrons. The maximum absolute atomic E-state index is 13.0. The molecule has 1 aliphatic heterocycles. The normalized spacial score (nSPS) is 15.9. The first-order chi connectivity index (χ1) is 15.6. The molecule has 33 heavy (non-hydrogen) atoms. The molecular formula is C21H30N4O6S2. The Morgan fingerprint density at radius 2 is 1.82 bits per heavy atom. The average Bonchev–Trinajstić information content (AvgIpc) is 3.24. The Bertz CT molecular complexity index is 1150. The van der Waals surface area contributed by atoms with Crippen molar-refractivity contribution in [1.29, 1.82) is 0 Å². The molecule has 1 amide bonds. The Kier molecular flexibility index (Phi) is 8.14. The van der Waals surface area contributed by atoms with Gasteiger partial charge < -0.3 is 10.1 Å². The lowest BCUT2D eigenvalue weighted by Gasteiger charge is -2.31. The van der Waals surface area contributed by atoms with Crippen LogP contribution in [-0.2, 0) is 26.9 Å². The van der Waals surface area contributed by atoms with Crippen LogP contribution in [0.5, 0.6) is 5.75 Å². The third-order valence-corrected chi connectivity index (χ3v) is 9.24. The Morgan fingerprint density at radius 3 is 2.39 bits per heavy atom. The summed E-state index contributed by atoms with van der Waals surface area (Å²) in [5, 5.41) is 6.87. The number of carbonyl (C=O) groups is 1. The number of aromatic nitrogens is 2. The van der Waals surface area contributed by atoms with Gasteiger partial charge in [-0.05, 0) is 43.0 Å². The van der Waals surface area contributed by atoms with E-state index >= 15 is 0 Å². The number of piperidine rings is 1. The zero-order valence-electron chi connectivity index (χ0n) is 18.8. The molecule has 10 nitrogen and oxygen atoms in total. The average molecular weight is 499 g/mol. The lowest BCUT2D eigenvalue weighted by Crippen LogP contribution is -2.41. The van der Waals surface area contributed by atoms with Crippen molar-refractivity contribution in [3.8, 4) is 5.75 Å². The highest BCUT2D eigenvalue weighted by molar-refractivity contribution is 7.91. The molecule has 1 aromatic heterocycles. The zero-order valence-corrected chi connectivity index (χ0v) is 20.4. The fourth-order valence-corrected chi connectivity index (χ4v) is 5.61. The number of carbonyl (C=O) groups excluding carboxylic acids is 1. The standard InChI is InChI=1S/C21H30N4O6S2/c1-3-32(27,28)13-12-31-19-4-6-20(7-5-19)33(29,30)25-10-8-17(9-11-25)14-22-21(26)18-15-23-24(2)16-18/h4-7,15-17H,3,8-14H2,1-2H3,(H,22,26). The number of rotatable bonds is 10. The molecule has 1 aliphatic rings. The van der Waals surface area contributed by atoms with E-state index in [4.69, 9.17) is 4.74 Å². The molecule has 0 unspecified atom stereocenters. The van der Waals surface area contributed by atoms with E-state index in [0.29, 0.717) is 43.8 Å². The Morgan fingerprint density at radius 1 is 1.15 bits per heavy atom. The fourth-order valence-electron chi connectivity index (χ4n) is 3.52. The van der Waals surface area contributed by atoms with Crippen LogP contribution in [0.1, 0.15) is 30.1 Å². The summed E-state index contributed by atoms with van der Waals surface area (Å²) in [6.07, 6.45) is 4.46. The van der Waals surface area contributed by atoms with Crippen LogP contribution in [0.2, 0.25) is 0 Å². The molecule has 0 spiro atoms. The first-order valence-electron chi connectivity index (χ1n) is 10.8. The van der Waals surface area contributed by atoms with Gasteiger partial charge >= 0.3 is 0 Å². The van der Waals surface area contributed by atoms with E-state index < -0.39 is 19.9 Å². The first-order valence-corrected chi connectivity index (χ1v) is 14.1. The highest BCUT2D eigenvalue weighted by atomic mass is 32.2. The van der Waals surface area contributed by atoms with Crippen molar-refractivity contribution in [2.45, 2.75) is 24.7 Å². The number of amides is 1. The van der Waals surface area contributed by atoms with Gasteiger partial charge in [-0.2, -0.15) is 9.40 Å². The largest absolute Gasteiger partial charge is 0.493 e. The number of benzene rings is 1.